The van der Waals surface area contributed by atoms with Crippen LogP contribution in [0.3, 0.4) is 0 Å². The number of rotatable bonds is 2. The number of nitrogens with zero attached hydrogens (tertiary/aromatic N) is 4. The van der Waals surface area contributed by atoms with Crippen molar-refractivity contribution >= 4 is 0 Å². The van der Waals surface area contributed by atoms with Gasteiger partial charge in [0.15, 0.2) is 0 Å². The summed E-state index contributed by atoms with van der Waals surface area (Å²) in [5.74, 6) is 0.628. The van der Waals surface area contributed by atoms with Crippen LogP contribution in [0.2, 0.25) is 0 Å². The molecule has 1 aliphatic heterocycles. The van der Waals surface area contributed by atoms with Gasteiger partial charge in [0.2, 0.25) is 12.1 Å². The molecule has 0 spiro atoms. The van der Waals surface area contributed by atoms with Crippen LogP contribution in [0.25, 0.3) is 11.4 Å². The van der Waals surface area contributed by atoms with Gasteiger partial charge in [-0.15, -0.1) is 15.0 Å². The molecule has 2 heterocycles. The Kier molecular flexibility index (Phi) is 2.57. The van der Waals surface area contributed by atoms with Crippen LogP contribution in [0.15, 0.2) is 42.7 Å². The number of hydrogen-bond acceptors (Lipinski definition) is 4. The third kappa shape index (κ3) is 2.04. The Labute approximate surface area is 98.7 Å². The van der Waals surface area contributed by atoms with Crippen LogP contribution in [0, 0.1) is 0 Å². The molecule has 0 saturated heterocycles. The van der Waals surface area contributed by atoms with Crippen molar-refractivity contribution in [2.75, 3.05) is 0 Å². The summed E-state index contributed by atoms with van der Waals surface area (Å²) in [4.78, 5) is 1.53. The van der Waals surface area contributed by atoms with E-state index in [2.05, 4.69) is 15.4 Å². The second kappa shape index (κ2) is 4.37. The fourth-order valence-electron chi connectivity index (χ4n) is 1.74. The quantitative estimate of drug-likeness (QED) is 0.790. The average molecular weight is 228 g/mol. The van der Waals surface area contributed by atoms with Crippen molar-refractivity contribution in [2.24, 2.45) is 0 Å². The van der Waals surface area contributed by atoms with Gasteiger partial charge in [-0.2, -0.15) is 0 Å². The minimum atomic E-state index is -0.134. The summed E-state index contributed by atoms with van der Waals surface area (Å²) in [7, 11) is 0. The molecule has 2 aromatic rings. The minimum absolute atomic E-state index is 0.134. The normalized spacial score (nSPS) is 18.9. The molecule has 0 fully saturated rings. The van der Waals surface area contributed by atoms with E-state index in [9.17, 15) is 0 Å². The molecule has 86 valence electrons. The van der Waals surface area contributed by atoms with Gasteiger partial charge < -0.3 is 4.74 Å². The number of allylic oxidation sites excluding steroid dienone is 1. The molecule has 0 aliphatic carbocycles. The number of ether oxygens (including phenoxy) is 1. The van der Waals surface area contributed by atoms with E-state index in [1.165, 1.54) is 4.80 Å². The SMILES string of the molecule is C1=COC(n2nnc(-c3ccccc3)n2)CC1. The summed E-state index contributed by atoms with van der Waals surface area (Å²) in [6.07, 6.45) is 5.41. The van der Waals surface area contributed by atoms with Crippen molar-refractivity contribution in [3.63, 3.8) is 0 Å². The first-order valence-electron chi connectivity index (χ1n) is 5.59. The fourth-order valence-corrected chi connectivity index (χ4v) is 1.74. The van der Waals surface area contributed by atoms with Crippen LogP contribution in [-0.4, -0.2) is 20.2 Å². The monoisotopic (exact) mass is 228 g/mol. The Bertz CT molecular complexity index is 520. The van der Waals surface area contributed by atoms with Gasteiger partial charge in [-0.1, -0.05) is 30.3 Å². The van der Waals surface area contributed by atoms with E-state index >= 15 is 0 Å². The van der Waals surface area contributed by atoms with Crippen molar-refractivity contribution in [2.45, 2.75) is 19.1 Å². The zero-order valence-corrected chi connectivity index (χ0v) is 9.23. The minimum Gasteiger partial charge on any atom is -0.475 e. The molecule has 5 heteroatoms. The molecule has 0 N–H and O–H groups in total. The molecule has 5 nitrogen and oxygen atoms in total. The van der Waals surface area contributed by atoms with Crippen LogP contribution in [0.4, 0.5) is 0 Å². The lowest BCUT2D eigenvalue weighted by Gasteiger charge is -2.16. The van der Waals surface area contributed by atoms with Gasteiger partial charge in [-0.05, 0) is 17.7 Å². The zero-order valence-electron chi connectivity index (χ0n) is 9.23. The predicted molar refractivity (Wildman–Crippen MR) is 61.7 cm³/mol. The van der Waals surface area contributed by atoms with E-state index in [1.54, 1.807) is 6.26 Å². The largest absolute Gasteiger partial charge is 0.475 e. The van der Waals surface area contributed by atoms with Crippen LogP contribution in [-0.2, 0) is 4.74 Å². The smallest absolute Gasteiger partial charge is 0.210 e. The molecular formula is C12H12N4O. The van der Waals surface area contributed by atoms with Gasteiger partial charge >= 0.3 is 0 Å². The molecule has 17 heavy (non-hydrogen) atoms. The molecule has 0 amide bonds. The van der Waals surface area contributed by atoms with Crippen molar-refractivity contribution in [3.8, 4) is 11.4 Å². The average Bonchev–Trinajstić information content (AvgIpc) is 2.90. The Morgan fingerprint density at radius 1 is 1.24 bits per heavy atom. The third-order valence-electron chi connectivity index (χ3n) is 2.63. The standard InChI is InChI=1S/C12H12N4O/c1-2-6-10(7-3-1)12-13-15-16(14-12)11-8-4-5-9-17-11/h1-3,5-7,9,11H,4,8H2. The van der Waals surface area contributed by atoms with E-state index < -0.39 is 0 Å². The predicted octanol–water partition coefficient (Wildman–Crippen LogP) is 2.16. The lowest BCUT2D eigenvalue weighted by atomic mass is 10.2. The maximum absolute atomic E-state index is 5.43. The highest BCUT2D eigenvalue weighted by Gasteiger charge is 2.16. The second-order valence-corrected chi connectivity index (χ2v) is 3.84. The van der Waals surface area contributed by atoms with Crippen LogP contribution >= 0.6 is 0 Å². The summed E-state index contributed by atoms with van der Waals surface area (Å²) < 4.78 is 5.43. The van der Waals surface area contributed by atoms with Crippen molar-refractivity contribution < 1.29 is 4.74 Å². The third-order valence-corrected chi connectivity index (χ3v) is 2.63. The van der Waals surface area contributed by atoms with Crippen LogP contribution < -0.4 is 0 Å². The summed E-state index contributed by atoms with van der Waals surface area (Å²) in [5, 5.41) is 12.4. The van der Waals surface area contributed by atoms with Gasteiger partial charge in [0.05, 0.1) is 6.26 Å². The number of hydrogen-bond donors (Lipinski definition) is 0. The van der Waals surface area contributed by atoms with E-state index in [-0.39, 0.29) is 6.23 Å². The molecule has 1 unspecified atom stereocenters. The second-order valence-electron chi connectivity index (χ2n) is 3.84. The maximum atomic E-state index is 5.43. The first-order chi connectivity index (χ1) is 8.43. The lowest BCUT2D eigenvalue weighted by molar-refractivity contribution is 0.0368. The Balaban J connectivity index is 1.85. The highest BCUT2D eigenvalue weighted by atomic mass is 16.5. The fraction of sp³-hybridized carbons (Fsp3) is 0.250. The highest BCUT2D eigenvalue weighted by Crippen LogP contribution is 2.20. The molecule has 0 saturated carbocycles. The summed E-state index contributed by atoms with van der Waals surface area (Å²) in [6.45, 7) is 0. The molecule has 0 radical (unpaired) electrons. The Morgan fingerprint density at radius 3 is 2.88 bits per heavy atom. The molecule has 1 aromatic heterocycles. The summed E-state index contributed by atoms with van der Waals surface area (Å²) >= 11 is 0. The van der Waals surface area contributed by atoms with Gasteiger partial charge in [-0.25, -0.2) is 0 Å². The van der Waals surface area contributed by atoms with Crippen LogP contribution in [0.1, 0.15) is 19.1 Å². The summed E-state index contributed by atoms with van der Waals surface area (Å²) in [6, 6.07) is 9.79. The topological polar surface area (TPSA) is 52.8 Å². The van der Waals surface area contributed by atoms with Crippen LogP contribution in [0.5, 0.6) is 0 Å². The Hall–Kier alpha value is -2.17. The number of tetrazole rings is 1. The number of aromatic nitrogens is 4. The first kappa shape index (κ1) is 10.0. The molecule has 3 rings (SSSR count). The van der Waals surface area contributed by atoms with E-state index in [0.717, 1.165) is 18.4 Å². The number of benzene rings is 1. The highest BCUT2D eigenvalue weighted by molar-refractivity contribution is 5.52. The maximum Gasteiger partial charge on any atom is 0.210 e. The van der Waals surface area contributed by atoms with Gasteiger partial charge in [0.25, 0.3) is 0 Å². The van der Waals surface area contributed by atoms with Crippen molar-refractivity contribution in [3.05, 3.63) is 42.7 Å². The van der Waals surface area contributed by atoms with E-state index in [4.69, 9.17) is 4.74 Å². The first-order valence-corrected chi connectivity index (χ1v) is 5.59. The van der Waals surface area contributed by atoms with Crippen molar-refractivity contribution in [1.29, 1.82) is 0 Å². The van der Waals surface area contributed by atoms with Gasteiger partial charge in [-0.3, -0.25) is 0 Å². The molecule has 0 bridgehead atoms. The summed E-state index contributed by atoms with van der Waals surface area (Å²) in [5.41, 5.74) is 0.963. The van der Waals surface area contributed by atoms with E-state index in [1.807, 2.05) is 36.4 Å². The van der Waals surface area contributed by atoms with E-state index in [0.29, 0.717) is 5.82 Å². The zero-order chi connectivity index (χ0) is 11.5. The van der Waals surface area contributed by atoms with Gasteiger partial charge in [0.1, 0.15) is 0 Å². The molecule has 1 atom stereocenters. The molecule has 1 aromatic carbocycles. The Morgan fingerprint density at radius 2 is 2.12 bits per heavy atom. The van der Waals surface area contributed by atoms with Gasteiger partial charge in [0, 0.05) is 12.0 Å². The lowest BCUT2D eigenvalue weighted by Crippen LogP contribution is -2.15. The molecular weight excluding hydrogens is 216 g/mol. The van der Waals surface area contributed by atoms with Crippen molar-refractivity contribution in [1.82, 2.24) is 20.2 Å². The molecule has 1 aliphatic rings.